The number of aryl methyl sites for hydroxylation is 1. The number of nitrogens with one attached hydrogen (secondary N) is 1. The van der Waals surface area contributed by atoms with Crippen LogP contribution in [0.15, 0.2) is 24.3 Å². The lowest BCUT2D eigenvalue weighted by atomic mass is 9.90. The van der Waals surface area contributed by atoms with Gasteiger partial charge in [-0.1, -0.05) is 36.8 Å². The van der Waals surface area contributed by atoms with Crippen molar-refractivity contribution in [1.29, 1.82) is 0 Å². The Hall–Kier alpha value is -0.820. The van der Waals surface area contributed by atoms with Gasteiger partial charge in [-0.15, -0.1) is 0 Å². The zero-order valence-corrected chi connectivity index (χ0v) is 9.09. The van der Waals surface area contributed by atoms with E-state index in [2.05, 4.69) is 43.4 Å². The molecule has 0 spiro atoms. The molecule has 0 saturated carbocycles. The van der Waals surface area contributed by atoms with Gasteiger partial charge in [0, 0.05) is 12.0 Å². The molecule has 2 unspecified atom stereocenters. The average molecular weight is 189 g/mol. The summed E-state index contributed by atoms with van der Waals surface area (Å²) in [5.74, 6) is 0.736. The molecule has 76 valence electrons. The van der Waals surface area contributed by atoms with Crippen LogP contribution in [-0.4, -0.2) is 12.6 Å². The highest BCUT2D eigenvalue weighted by atomic mass is 14.9. The second-order valence-electron chi connectivity index (χ2n) is 4.28. The Morgan fingerprint density at radius 1 is 1.43 bits per heavy atom. The SMILES string of the molecule is CCC1NCCC1c1cccc(C)c1. The van der Waals surface area contributed by atoms with E-state index in [1.165, 1.54) is 30.5 Å². The van der Waals surface area contributed by atoms with Crippen molar-refractivity contribution in [2.45, 2.75) is 38.6 Å². The van der Waals surface area contributed by atoms with E-state index in [-0.39, 0.29) is 0 Å². The fourth-order valence-corrected chi connectivity index (χ4v) is 2.50. The van der Waals surface area contributed by atoms with E-state index in [9.17, 15) is 0 Å². The summed E-state index contributed by atoms with van der Waals surface area (Å²) in [6.45, 7) is 5.62. The van der Waals surface area contributed by atoms with Gasteiger partial charge in [0.1, 0.15) is 0 Å². The molecule has 0 aliphatic carbocycles. The van der Waals surface area contributed by atoms with Crippen LogP contribution in [-0.2, 0) is 0 Å². The van der Waals surface area contributed by atoms with E-state index in [0.717, 1.165) is 5.92 Å². The smallest absolute Gasteiger partial charge is 0.0134 e. The second-order valence-corrected chi connectivity index (χ2v) is 4.28. The maximum Gasteiger partial charge on any atom is 0.0134 e. The van der Waals surface area contributed by atoms with E-state index >= 15 is 0 Å². The summed E-state index contributed by atoms with van der Waals surface area (Å²) in [4.78, 5) is 0. The lowest BCUT2D eigenvalue weighted by molar-refractivity contribution is 0.531. The van der Waals surface area contributed by atoms with E-state index in [1.807, 2.05) is 0 Å². The standard InChI is InChI=1S/C13H19N/c1-3-13-12(7-8-14-13)11-6-4-5-10(2)9-11/h4-6,9,12-14H,3,7-8H2,1-2H3. The van der Waals surface area contributed by atoms with E-state index in [0.29, 0.717) is 6.04 Å². The third kappa shape index (κ3) is 1.83. The molecule has 1 heterocycles. The highest BCUT2D eigenvalue weighted by Gasteiger charge is 2.26. The lowest BCUT2D eigenvalue weighted by Gasteiger charge is -2.18. The molecule has 14 heavy (non-hydrogen) atoms. The number of benzene rings is 1. The van der Waals surface area contributed by atoms with Crippen LogP contribution < -0.4 is 5.32 Å². The zero-order valence-electron chi connectivity index (χ0n) is 9.09. The Kier molecular flexibility index (Phi) is 2.87. The Morgan fingerprint density at radius 2 is 2.29 bits per heavy atom. The molecule has 1 nitrogen and oxygen atoms in total. The quantitative estimate of drug-likeness (QED) is 0.754. The van der Waals surface area contributed by atoms with Crippen LogP contribution in [0.2, 0.25) is 0 Å². The Balaban J connectivity index is 2.21. The molecule has 2 rings (SSSR count). The van der Waals surface area contributed by atoms with E-state index in [1.54, 1.807) is 0 Å². The van der Waals surface area contributed by atoms with Gasteiger partial charge in [0.2, 0.25) is 0 Å². The van der Waals surface area contributed by atoms with Crippen molar-refractivity contribution >= 4 is 0 Å². The molecule has 1 aromatic rings. The van der Waals surface area contributed by atoms with Gasteiger partial charge in [-0.3, -0.25) is 0 Å². The van der Waals surface area contributed by atoms with Crippen molar-refractivity contribution in [3.05, 3.63) is 35.4 Å². The highest BCUT2D eigenvalue weighted by molar-refractivity contribution is 5.27. The summed E-state index contributed by atoms with van der Waals surface area (Å²) < 4.78 is 0. The second kappa shape index (κ2) is 4.14. The molecule has 1 aromatic carbocycles. The normalized spacial score (nSPS) is 26.7. The molecule has 1 aliphatic rings. The van der Waals surface area contributed by atoms with E-state index < -0.39 is 0 Å². The number of hydrogen-bond donors (Lipinski definition) is 1. The minimum Gasteiger partial charge on any atom is -0.313 e. The Morgan fingerprint density at radius 3 is 3.00 bits per heavy atom. The van der Waals surface area contributed by atoms with Crippen molar-refractivity contribution in [3.63, 3.8) is 0 Å². The first-order chi connectivity index (χ1) is 6.81. The summed E-state index contributed by atoms with van der Waals surface area (Å²) >= 11 is 0. The number of rotatable bonds is 2. The molecule has 0 amide bonds. The van der Waals surface area contributed by atoms with Crippen LogP contribution in [0.4, 0.5) is 0 Å². The maximum atomic E-state index is 3.57. The first-order valence-electron chi connectivity index (χ1n) is 5.61. The molecule has 0 aromatic heterocycles. The Bertz CT molecular complexity index is 306. The minimum atomic E-state index is 0.691. The predicted molar refractivity (Wildman–Crippen MR) is 60.6 cm³/mol. The zero-order chi connectivity index (χ0) is 9.97. The van der Waals surface area contributed by atoms with Gasteiger partial charge >= 0.3 is 0 Å². The van der Waals surface area contributed by atoms with Crippen molar-refractivity contribution in [3.8, 4) is 0 Å². The predicted octanol–water partition coefficient (Wildman–Crippen LogP) is 2.85. The van der Waals surface area contributed by atoms with Gasteiger partial charge in [0.25, 0.3) is 0 Å². The van der Waals surface area contributed by atoms with Crippen LogP contribution in [0, 0.1) is 6.92 Å². The fraction of sp³-hybridized carbons (Fsp3) is 0.538. The van der Waals surface area contributed by atoms with Gasteiger partial charge in [-0.2, -0.15) is 0 Å². The van der Waals surface area contributed by atoms with Crippen LogP contribution in [0.3, 0.4) is 0 Å². The van der Waals surface area contributed by atoms with Crippen molar-refractivity contribution in [2.24, 2.45) is 0 Å². The van der Waals surface area contributed by atoms with Gasteiger partial charge in [0.05, 0.1) is 0 Å². The van der Waals surface area contributed by atoms with Crippen LogP contribution in [0.5, 0.6) is 0 Å². The van der Waals surface area contributed by atoms with Crippen LogP contribution >= 0.6 is 0 Å². The average Bonchev–Trinajstić information content (AvgIpc) is 2.65. The van der Waals surface area contributed by atoms with Gasteiger partial charge in [-0.05, 0) is 31.9 Å². The number of hydrogen-bond acceptors (Lipinski definition) is 1. The van der Waals surface area contributed by atoms with Crippen molar-refractivity contribution < 1.29 is 0 Å². The van der Waals surface area contributed by atoms with Gasteiger partial charge in [-0.25, -0.2) is 0 Å². The first kappa shape index (κ1) is 9.72. The van der Waals surface area contributed by atoms with Crippen LogP contribution in [0.1, 0.15) is 36.8 Å². The lowest BCUT2D eigenvalue weighted by Crippen LogP contribution is -2.24. The van der Waals surface area contributed by atoms with Crippen molar-refractivity contribution in [1.82, 2.24) is 5.32 Å². The third-order valence-electron chi connectivity index (χ3n) is 3.26. The molecule has 2 atom stereocenters. The first-order valence-corrected chi connectivity index (χ1v) is 5.61. The van der Waals surface area contributed by atoms with Crippen molar-refractivity contribution in [2.75, 3.05) is 6.54 Å². The van der Waals surface area contributed by atoms with Gasteiger partial charge in [0.15, 0.2) is 0 Å². The van der Waals surface area contributed by atoms with E-state index in [4.69, 9.17) is 0 Å². The summed E-state index contributed by atoms with van der Waals surface area (Å²) in [6, 6.07) is 9.65. The molecule has 0 bridgehead atoms. The molecule has 1 aliphatic heterocycles. The monoisotopic (exact) mass is 189 g/mol. The molecule has 0 radical (unpaired) electrons. The highest BCUT2D eigenvalue weighted by Crippen LogP contribution is 2.29. The Labute approximate surface area is 86.5 Å². The molecule has 1 saturated heterocycles. The molecule has 1 heteroatoms. The molecule has 1 N–H and O–H groups in total. The molecule has 1 fully saturated rings. The summed E-state index contributed by atoms with van der Waals surface area (Å²) in [7, 11) is 0. The summed E-state index contributed by atoms with van der Waals surface area (Å²) in [6.07, 6.45) is 2.53. The molecular formula is C13H19N. The third-order valence-corrected chi connectivity index (χ3v) is 3.26. The maximum absolute atomic E-state index is 3.57. The largest absolute Gasteiger partial charge is 0.313 e. The fourth-order valence-electron chi connectivity index (χ4n) is 2.50. The topological polar surface area (TPSA) is 12.0 Å². The van der Waals surface area contributed by atoms with Crippen LogP contribution in [0.25, 0.3) is 0 Å². The van der Waals surface area contributed by atoms with Gasteiger partial charge < -0.3 is 5.32 Å². The minimum absolute atomic E-state index is 0.691. The molecular weight excluding hydrogens is 170 g/mol. The summed E-state index contributed by atoms with van der Waals surface area (Å²) in [5.41, 5.74) is 2.89. The summed E-state index contributed by atoms with van der Waals surface area (Å²) in [5, 5.41) is 3.57.